The summed E-state index contributed by atoms with van der Waals surface area (Å²) in [5.74, 6) is 0.874. The monoisotopic (exact) mass is 526 g/mol. The molecule has 0 spiro atoms. The summed E-state index contributed by atoms with van der Waals surface area (Å²) in [5, 5.41) is 18.4. The van der Waals surface area contributed by atoms with Crippen molar-refractivity contribution in [2.75, 3.05) is 37.0 Å². The summed E-state index contributed by atoms with van der Waals surface area (Å²) in [6, 6.07) is 0. The molecule has 0 saturated carbocycles. The van der Waals surface area contributed by atoms with Crippen molar-refractivity contribution in [3.8, 4) is 0 Å². The van der Waals surface area contributed by atoms with E-state index < -0.39 is 5.97 Å². The Balaban J connectivity index is -0.000000236. The van der Waals surface area contributed by atoms with E-state index >= 15 is 0 Å². The second-order valence-electron chi connectivity index (χ2n) is 5.91. The van der Waals surface area contributed by atoms with Gasteiger partial charge in [0.25, 0.3) is 0 Å². The van der Waals surface area contributed by atoms with Crippen molar-refractivity contribution in [3.05, 3.63) is 0 Å². The SMILES string of the molecule is CC.CC.CCNC(=O)CNC(=O)CCCS.O=CNCC(=O)NCSCCCCCC(=O)O. The third kappa shape index (κ3) is 40.4. The fourth-order valence-electron chi connectivity index (χ4n) is 1.82. The molecular formula is C22H46N4O6S2. The zero-order valence-electron chi connectivity index (χ0n) is 21.4. The number of hydrogen-bond donors (Lipinski definition) is 6. The van der Waals surface area contributed by atoms with Crippen LogP contribution in [0.3, 0.4) is 0 Å². The molecule has 0 atom stereocenters. The van der Waals surface area contributed by atoms with Crippen molar-refractivity contribution >= 4 is 54.5 Å². The summed E-state index contributed by atoms with van der Waals surface area (Å²) in [4.78, 5) is 53.0. The highest BCUT2D eigenvalue weighted by molar-refractivity contribution is 7.99. The molecule has 0 rings (SSSR count). The Bertz CT molecular complexity index is 512. The van der Waals surface area contributed by atoms with Crippen LogP contribution >= 0.6 is 24.4 Å². The van der Waals surface area contributed by atoms with Crippen LogP contribution in [0.4, 0.5) is 0 Å². The Morgan fingerprint density at radius 3 is 1.97 bits per heavy atom. The van der Waals surface area contributed by atoms with Gasteiger partial charge < -0.3 is 26.4 Å². The lowest BCUT2D eigenvalue weighted by molar-refractivity contribution is -0.137. The van der Waals surface area contributed by atoms with E-state index in [2.05, 4.69) is 33.9 Å². The number of likely N-dealkylation sites (N-methyl/N-ethyl adjacent to an activating group) is 1. The number of carbonyl (C=O) groups is 5. The van der Waals surface area contributed by atoms with Crippen LogP contribution in [0.1, 0.15) is 73.1 Å². The molecule has 0 aliphatic rings. The maximum Gasteiger partial charge on any atom is 0.303 e. The molecule has 0 fully saturated rings. The number of carbonyl (C=O) groups excluding carboxylic acids is 4. The van der Waals surface area contributed by atoms with Crippen molar-refractivity contribution in [3.63, 3.8) is 0 Å². The van der Waals surface area contributed by atoms with E-state index in [0.717, 1.165) is 25.0 Å². The van der Waals surface area contributed by atoms with E-state index in [0.29, 0.717) is 37.4 Å². The maximum absolute atomic E-state index is 11.0. The summed E-state index contributed by atoms with van der Waals surface area (Å²) in [5.41, 5.74) is 0. The second kappa shape index (κ2) is 35.6. The highest BCUT2D eigenvalue weighted by Gasteiger charge is 2.03. The summed E-state index contributed by atoms with van der Waals surface area (Å²) >= 11 is 5.56. The second-order valence-corrected chi connectivity index (χ2v) is 7.47. The van der Waals surface area contributed by atoms with E-state index in [1.807, 2.05) is 34.6 Å². The van der Waals surface area contributed by atoms with Crippen LogP contribution in [-0.2, 0) is 24.0 Å². The molecule has 5 N–H and O–H groups in total. The van der Waals surface area contributed by atoms with Crippen molar-refractivity contribution in [1.29, 1.82) is 0 Å². The first-order chi connectivity index (χ1) is 16.4. The molecule has 0 bridgehead atoms. The minimum atomic E-state index is -0.757. The molecule has 0 aromatic heterocycles. The number of nitrogens with one attached hydrogen (secondary N) is 4. The van der Waals surface area contributed by atoms with Crippen LogP contribution in [0.25, 0.3) is 0 Å². The van der Waals surface area contributed by atoms with Crippen LogP contribution in [0.2, 0.25) is 0 Å². The van der Waals surface area contributed by atoms with Gasteiger partial charge in [0.1, 0.15) is 0 Å². The first-order valence-corrected chi connectivity index (χ1v) is 13.5. The average molecular weight is 527 g/mol. The summed E-state index contributed by atoms with van der Waals surface area (Å²) in [7, 11) is 0. The number of carboxylic acid groups (broad SMARTS) is 1. The third-order valence-electron chi connectivity index (χ3n) is 3.28. The van der Waals surface area contributed by atoms with Gasteiger partial charge in [0.05, 0.1) is 19.0 Å². The minimum Gasteiger partial charge on any atom is -0.481 e. The van der Waals surface area contributed by atoms with Crippen molar-refractivity contribution in [2.45, 2.75) is 73.1 Å². The number of rotatable bonds is 17. The quantitative estimate of drug-likeness (QED) is 0.0735. The molecule has 0 aliphatic heterocycles. The highest BCUT2D eigenvalue weighted by Crippen LogP contribution is 2.06. The van der Waals surface area contributed by atoms with E-state index in [9.17, 15) is 24.0 Å². The molecule has 10 nitrogen and oxygen atoms in total. The molecule has 0 aliphatic carbocycles. The topological polar surface area (TPSA) is 154 Å². The number of hydrogen-bond acceptors (Lipinski definition) is 7. The Kier molecular flexibility index (Phi) is 41.2. The van der Waals surface area contributed by atoms with Gasteiger partial charge >= 0.3 is 5.97 Å². The number of carboxylic acids is 1. The number of thioether (sulfide) groups is 1. The molecule has 0 unspecified atom stereocenters. The number of amides is 4. The molecular weight excluding hydrogens is 480 g/mol. The standard InChI is InChI=1S/C10H18N2O4S.C8H16N2O2S.2C2H6/c13-7-11-6-9(14)12-8-17-5-3-1-2-4-10(15)16;1-2-9-8(12)6-10-7(11)4-3-5-13;2*1-2/h7H,1-6,8H2,(H,11,13)(H,12,14)(H,15,16);13H,2-6H2,1H3,(H,9,12)(H,10,11);2*1-2H3. The third-order valence-corrected chi connectivity index (χ3v) is 4.52. The lowest BCUT2D eigenvalue weighted by Gasteiger charge is -2.04. The van der Waals surface area contributed by atoms with Crippen molar-refractivity contribution in [1.82, 2.24) is 21.3 Å². The number of unbranched alkanes of at least 4 members (excludes halogenated alkanes) is 2. The maximum atomic E-state index is 11.0. The normalized spacial score (nSPS) is 8.76. The van der Waals surface area contributed by atoms with Gasteiger partial charge in [-0.1, -0.05) is 34.1 Å². The van der Waals surface area contributed by atoms with E-state index in [1.54, 1.807) is 11.8 Å². The van der Waals surface area contributed by atoms with Gasteiger partial charge in [0, 0.05) is 19.4 Å². The molecule has 0 radical (unpaired) electrons. The van der Waals surface area contributed by atoms with E-state index in [1.165, 1.54) is 0 Å². The molecule has 0 aromatic rings. The summed E-state index contributed by atoms with van der Waals surface area (Å²) < 4.78 is 0. The first-order valence-electron chi connectivity index (χ1n) is 11.7. The van der Waals surface area contributed by atoms with Gasteiger partial charge in [-0.25, -0.2) is 0 Å². The Hall–Kier alpha value is -1.95. The predicted molar refractivity (Wildman–Crippen MR) is 143 cm³/mol. The van der Waals surface area contributed by atoms with Crippen molar-refractivity contribution in [2.24, 2.45) is 0 Å². The Morgan fingerprint density at radius 1 is 0.824 bits per heavy atom. The average Bonchev–Trinajstić information content (AvgIpc) is 2.84. The molecule has 4 amide bonds. The van der Waals surface area contributed by atoms with Crippen LogP contribution in [0.5, 0.6) is 0 Å². The zero-order valence-corrected chi connectivity index (χ0v) is 23.1. The number of aliphatic carboxylic acids is 1. The van der Waals surface area contributed by atoms with Gasteiger partial charge in [-0.15, -0.1) is 11.8 Å². The van der Waals surface area contributed by atoms with Crippen molar-refractivity contribution < 1.29 is 29.1 Å². The molecule has 0 aromatic carbocycles. The van der Waals surface area contributed by atoms with Crippen LogP contribution in [-0.4, -0.2) is 72.2 Å². The van der Waals surface area contributed by atoms with Gasteiger partial charge in [0.2, 0.25) is 24.1 Å². The van der Waals surface area contributed by atoms with Gasteiger partial charge in [-0.2, -0.15) is 12.6 Å². The Labute approximate surface area is 214 Å². The molecule has 34 heavy (non-hydrogen) atoms. The molecule has 0 saturated heterocycles. The molecule has 12 heteroatoms. The molecule has 202 valence electrons. The fourth-order valence-corrected chi connectivity index (χ4v) is 2.80. The number of thiol groups is 1. The fraction of sp³-hybridized carbons (Fsp3) is 0.773. The smallest absolute Gasteiger partial charge is 0.303 e. The summed E-state index contributed by atoms with van der Waals surface area (Å²) in [6.07, 6.45) is 4.41. The molecule has 0 heterocycles. The van der Waals surface area contributed by atoms with E-state index in [-0.39, 0.29) is 37.2 Å². The van der Waals surface area contributed by atoms with Crippen LogP contribution in [0, 0.1) is 0 Å². The lowest BCUT2D eigenvalue weighted by Crippen LogP contribution is -2.36. The van der Waals surface area contributed by atoms with Gasteiger partial charge in [0.15, 0.2) is 0 Å². The van der Waals surface area contributed by atoms with Gasteiger partial charge in [-0.3, -0.25) is 24.0 Å². The van der Waals surface area contributed by atoms with Gasteiger partial charge in [-0.05, 0) is 37.7 Å². The predicted octanol–water partition coefficient (Wildman–Crippen LogP) is 2.19. The first kappa shape index (κ1) is 39.3. The zero-order chi connectivity index (χ0) is 27.0. The minimum absolute atomic E-state index is 0.00265. The Morgan fingerprint density at radius 2 is 1.44 bits per heavy atom. The summed E-state index contributed by atoms with van der Waals surface area (Å²) in [6.45, 7) is 10.5. The van der Waals surface area contributed by atoms with E-state index in [4.69, 9.17) is 5.11 Å². The lowest BCUT2D eigenvalue weighted by atomic mass is 10.2. The largest absolute Gasteiger partial charge is 0.481 e. The highest BCUT2D eigenvalue weighted by atomic mass is 32.2. The van der Waals surface area contributed by atoms with Crippen LogP contribution in [0.15, 0.2) is 0 Å². The van der Waals surface area contributed by atoms with Crippen LogP contribution < -0.4 is 21.3 Å².